The Labute approximate surface area is 85.0 Å². The molecule has 0 aromatic carbocycles. The summed E-state index contributed by atoms with van der Waals surface area (Å²) in [6.07, 6.45) is 1.16. The molecule has 0 aliphatic heterocycles. The maximum atomic E-state index is 11.2. The van der Waals surface area contributed by atoms with Gasteiger partial charge in [-0.25, -0.2) is 4.79 Å². The summed E-state index contributed by atoms with van der Waals surface area (Å²) in [5.41, 5.74) is 0. The molecule has 4 nitrogen and oxygen atoms in total. The third kappa shape index (κ3) is 5.53. The van der Waals surface area contributed by atoms with Crippen molar-refractivity contribution in [2.45, 2.75) is 26.6 Å². The van der Waals surface area contributed by atoms with Gasteiger partial charge in [0.15, 0.2) is 11.5 Å². The highest BCUT2D eigenvalue weighted by molar-refractivity contribution is 6.70. The lowest BCUT2D eigenvalue weighted by Crippen LogP contribution is -2.28. The van der Waals surface area contributed by atoms with Crippen molar-refractivity contribution in [2.24, 2.45) is 0 Å². The van der Waals surface area contributed by atoms with Crippen LogP contribution in [0, 0.1) is 0 Å². The molecule has 0 saturated carbocycles. The molecule has 5 heteroatoms. The Bertz CT molecular complexity index is 262. The molecule has 0 rings (SSSR count). The van der Waals surface area contributed by atoms with Gasteiger partial charge >= 0.3 is 5.97 Å². The fourth-order valence-corrected chi connectivity index (χ4v) is 1.55. The fourth-order valence-electron chi connectivity index (χ4n) is 0.745. The Morgan fingerprint density at radius 2 is 1.71 bits per heavy atom. The largest absolute Gasteiger partial charge is 0.539 e. The average Bonchev–Trinajstić information content (AvgIpc) is 1.98. The summed E-state index contributed by atoms with van der Waals surface area (Å²) in [5, 5.41) is 0. The zero-order valence-corrected chi connectivity index (χ0v) is 10.2. The maximum absolute atomic E-state index is 11.2. The van der Waals surface area contributed by atoms with Crippen molar-refractivity contribution in [1.82, 2.24) is 0 Å². The van der Waals surface area contributed by atoms with Crippen molar-refractivity contribution in [3.63, 3.8) is 0 Å². The molecule has 0 bridgehead atoms. The second-order valence-electron chi connectivity index (χ2n) is 3.83. The first kappa shape index (κ1) is 12.9. The normalized spacial score (nSPS) is 12.2. The Hall–Kier alpha value is -1.10. The lowest BCUT2D eigenvalue weighted by atomic mass is 10.3. The van der Waals surface area contributed by atoms with Gasteiger partial charge in [0.2, 0.25) is 8.32 Å². The number of hydrogen-bond donors (Lipinski definition) is 0. The van der Waals surface area contributed by atoms with E-state index in [1.807, 2.05) is 19.6 Å². The molecular weight excluding hydrogens is 200 g/mol. The van der Waals surface area contributed by atoms with Crippen molar-refractivity contribution in [3.8, 4) is 0 Å². The van der Waals surface area contributed by atoms with E-state index < -0.39 is 14.3 Å². The van der Waals surface area contributed by atoms with Gasteiger partial charge in [-0.1, -0.05) is 0 Å². The molecule has 0 saturated heterocycles. The van der Waals surface area contributed by atoms with Crippen molar-refractivity contribution < 1.29 is 18.8 Å². The van der Waals surface area contributed by atoms with E-state index in [1.54, 1.807) is 0 Å². The molecule has 0 heterocycles. The number of ether oxygens (including phenoxy) is 1. The van der Waals surface area contributed by atoms with Crippen LogP contribution in [-0.2, 0) is 18.8 Å². The van der Waals surface area contributed by atoms with E-state index in [9.17, 15) is 9.59 Å². The van der Waals surface area contributed by atoms with Gasteiger partial charge in [0.05, 0.1) is 7.11 Å². The van der Waals surface area contributed by atoms with Gasteiger partial charge in [-0.2, -0.15) is 0 Å². The summed E-state index contributed by atoms with van der Waals surface area (Å²) in [4.78, 5) is 22.0. The molecule has 0 aromatic heterocycles. The molecule has 0 aliphatic carbocycles. The Kier molecular flexibility index (Phi) is 4.56. The molecule has 0 spiro atoms. The summed E-state index contributed by atoms with van der Waals surface area (Å²) < 4.78 is 9.90. The number of carbonyl (C=O) groups is 2. The van der Waals surface area contributed by atoms with Gasteiger partial charge in [-0.3, -0.25) is 4.79 Å². The Morgan fingerprint density at radius 1 is 1.21 bits per heavy atom. The number of hydrogen-bond acceptors (Lipinski definition) is 4. The molecule has 80 valence electrons. The molecule has 0 aliphatic rings. The molecule has 0 radical (unpaired) electrons. The average molecular weight is 216 g/mol. The Balaban J connectivity index is 4.75. The summed E-state index contributed by atoms with van der Waals surface area (Å²) in [7, 11) is -0.634. The quantitative estimate of drug-likeness (QED) is 0.309. The monoisotopic (exact) mass is 216 g/mol. The van der Waals surface area contributed by atoms with Crippen LogP contribution in [0.5, 0.6) is 0 Å². The molecule has 0 unspecified atom stereocenters. The number of esters is 1. The first-order valence-electron chi connectivity index (χ1n) is 4.26. The van der Waals surface area contributed by atoms with Crippen LogP contribution in [0.4, 0.5) is 0 Å². The molecule has 0 fully saturated rings. The van der Waals surface area contributed by atoms with E-state index in [4.69, 9.17) is 4.43 Å². The van der Waals surface area contributed by atoms with Gasteiger partial charge in [0.1, 0.15) is 0 Å². The highest BCUT2D eigenvalue weighted by Gasteiger charge is 2.22. The molecule has 14 heavy (non-hydrogen) atoms. The molecule has 0 amide bonds. The molecule has 0 N–H and O–H groups in total. The first-order valence-corrected chi connectivity index (χ1v) is 7.66. The van der Waals surface area contributed by atoms with E-state index in [-0.39, 0.29) is 11.5 Å². The summed E-state index contributed by atoms with van der Waals surface area (Å²) >= 11 is 0. The summed E-state index contributed by atoms with van der Waals surface area (Å²) in [5.74, 6) is -0.842. The minimum Gasteiger partial charge on any atom is -0.539 e. The predicted molar refractivity (Wildman–Crippen MR) is 55.2 cm³/mol. The van der Waals surface area contributed by atoms with Gasteiger partial charge in [-0.05, 0) is 26.6 Å². The second kappa shape index (κ2) is 4.95. The third-order valence-electron chi connectivity index (χ3n) is 1.14. The highest BCUT2D eigenvalue weighted by Crippen LogP contribution is 2.11. The van der Waals surface area contributed by atoms with Crippen molar-refractivity contribution in [3.05, 3.63) is 11.8 Å². The number of ketones is 1. The minimum absolute atomic E-state index is 0.000772. The molecule has 0 atom stereocenters. The van der Waals surface area contributed by atoms with E-state index in [2.05, 4.69) is 4.74 Å². The van der Waals surface area contributed by atoms with E-state index in [1.165, 1.54) is 14.0 Å². The van der Waals surface area contributed by atoms with Crippen molar-refractivity contribution in [2.75, 3.05) is 7.11 Å². The summed E-state index contributed by atoms with van der Waals surface area (Å²) in [6.45, 7) is 7.12. The second-order valence-corrected chi connectivity index (χ2v) is 8.25. The lowest BCUT2D eigenvalue weighted by Gasteiger charge is -2.19. The maximum Gasteiger partial charge on any atom is 0.372 e. The van der Waals surface area contributed by atoms with E-state index >= 15 is 0 Å². The summed E-state index contributed by atoms with van der Waals surface area (Å²) in [6, 6.07) is 0. The van der Waals surface area contributed by atoms with Gasteiger partial charge in [0, 0.05) is 6.08 Å². The van der Waals surface area contributed by atoms with E-state index in [0.29, 0.717) is 0 Å². The van der Waals surface area contributed by atoms with Crippen LogP contribution >= 0.6 is 0 Å². The zero-order chi connectivity index (χ0) is 11.4. The zero-order valence-electron chi connectivity index (χ0n) is 9.21. The van der Waals surface area contributed by atoms with Gasteiger partial charge in [-0.15, -0.1) is 0 Å². The lowest BCUT2D eigenvalue weighted by molar-refractivity contribution is -0.139. The topological polar surface area (TPSA) is 52.6 Å². The van der Waals surface area contributed by atoms with Crippen LogP contribution in [0.15, 0.2) is 11.8 Å². The van der Waals surface area contributed by atoms with Crippen LogP contribution in [0.3, 0.4) is 0 Å². The fraction of sp³-hybridized carbons (Fsp3) is 0.556. The smallest absolute Gasteiger partial charge is 0.372 e. The van der Waals surface area contributed by atoms with Crippen LogP contribution in [0.2, 0.25) is 19.6 Å². The Morgan fingerprint density at radius 3 is 2.00 bits per heavy atom. The number of allylic oxidation sites excluding steroid dienone is 1. The van der Waals surface area contributed by atoms with Crippen LogP contribution in [0.25, 0.3) is 0 Å². The third-order valence-corrected chi connectivity index (χ3v) is 1.97. The minimum atomic E-state index is -1.89. The standard InChI is InChI=1S/C9H16O4Si/c1-7(10)6-8(9(11)12-2)13-14(3,4)5/h6H,1-5H3/b8-6+. The SMILES string of the molecule is COC(=O)/C(=C\C(C)=O)O[Si](C)(C)C. The van der Waals surface area contributed by atoms with Crippen LogP contribution in [-0.4, -0.2) is 27.2 Å². The van der Waals surface area contributed by atoms with Gasteiger partial charge < -0.3 is 9.16 Å². The molecule has 0 aromatic rings. The van der Waals surface area contributed by atoms with E-state index in [0.717, 1.165) is 6.08 Å². The number of methoxy groups -OCH3 is 1. The van der Waals surface area contributed by atoms with Crippen LogP contribution < -0.4 is 0 Å². The van der Waals surface area contributed by atoms with Crippen molar-refractivity contribution in [1.29, 1.82) is 0 Å². The highest BCUT2D eigenvalue weighted by atomic mass is 28.4. The van der Waals surface area contributed by atoms with Gasteiger partial charge in [0.25, 0.3) is 0 Å². The number of carbonyl (C=O) groups excluding carboxylic acids is 2. The predicted octanol–water partition coefficient (Wildman–Crippen LogP) is 1.48. The van der Waals surface area contributed by atoms with Crippen molar-refractivity contribution >= 4 is 20.1 Å². The first-order chi connectivity index (χ1) is 6.26. The van der Waals surface area contributed by atoms with Crippen LogP contribution in [0.1, 0.15) is 6.92 Å². The molecular formula is C9H16O4Si. The number of rotatable bonds is 4.